The Morgan fingerprint density at radius 1 is 1.12 bits per heavy atom. The second-order valence-corrected chi connectivity index (χ2v) is 6.40. The number of epoxide rings is 2. The lowest BCUT2D eigenvalue weighted by Crippen LogP contribution is -2.31. The van der Waals surface area contributed by atoms with Crippen LogP contribution in [0.1, 0.15) is 5.56 Å². The van der Waals surface area contributed by atoms with E-state index in [2.05, 4.69) is 0 Å². The van der Waals surface area contributed by atoms with Crippen molar-refractivity contribution in [3.63, 3.8) is 0 Å². The molecule has 0 saturated carbocycles. The molecule has 0 spiro atoms. The molecule has 2 fully saturated rings. The lowest BCUT2D eigenvalue weighted by molar-refractivity contribution is -0.138. The van der Waals surface area contributed by atoms with Crippen LogP contribution in [0.2, 0.25) is 0 Å². The van der Waals surface area contributed by atoms with Gasteiger partial charge in [-0.25, -0.2) is 0 Å². The summed E-state index contributed by atoms with van der Waals surface area (Å²) in [4.78, 5) is 11.2. The van der Waals surface area contributed by atoms with Crippen molar-refractivity contribution >= 4 is 5.97 Å². The highest BCUT2D eigenvalue weighted by molar-refractivity contribution is 5.75. The number of hydrogen-bond acceptors (Lipinski definition) is 5. The highest BCUT2D eigenvalue weighted by Crippen LogP contribution is 2.39. The topological polar surface area (TPSA) is 80.8 Å². The Balaban J connectivity index is 1.62. The number of carboxylic acids is 1. The number of ether oxygens (including phenoxy) is 4. The van der Waals surface area contributed by atoms with Crippen molar-refractivity contribution in [3.8, 4) is 5.75 Å². The lowest BCUT2D eigenvalue weighted by Gasteiger charge is -2.32. The summed E-state index contributed by atoms with van der Waals surface area (Å²) in [6.45, 7) is 2.35. The van der Waals surface area contributed by atoms with Gasteiger partial charge in [-0.3, -0.25) is 4.79 Å². The zero-order valence-electron chi connectivity index (χ0n) is 13.7. The van der Waals surface area contributed by atoms with Crippen molar-refractivity contribution < 1.29 is 28.8 Å². The van der Waals surface area contributed by atoms with Crippen LogP contribution in [0.15, 0.2) is 48.6 Å². The molecule has 2 atom stereocenters. The quantitative estimate of drug-likeness (QED) is 0.573. The summed E-state index contributed by atoms with van der Waals surface area (Å²) in [7, 11) is 0. The van der Waals surface area contributed by atoms with Crippen molar-refractivity contribution in [2.24, 2.45) is 5.92 Å². The number of para-hydroxylation sites is 1. The summed E-state index contributed by atoms with van der Waals surface area (Å²) in [5.41, 5.74) is -0.0218. The van der Waals surface area contributed by atoms with Crippen molar-refractivity contribution in [1.29, 1.82) is 0 Å². The maximum atomic E-state index is 11.2. The third-order valence-corrected chi connectivity index (χ3v) is 4.43. The molecule has 25 heavy (non-hydrogen) atoms. The first-order chi connectivity index (χ1) is 12.2. The van der Waals surface area contributed by atoms with E-state index < -0.39 is 17.5 Å². The molecular weight excluding hydrogens is 324 g/mol. The van der Waals surface area contributed by atoms with E-state index in [1.807, 2.05) is 24.3 Å². The molecule has 6 nitrogen and oxygen atoms in total. The number of rotatable bonds is 8. The first kappa shape index (κ1) is 16.3. The monoisotopic (exact) mass is 344 g/mol. The maximum absolute atomic E-state index is 11.2. The maximum Gasteiger partial charge on any atom is 0.314 e. The Kier molecular flexibility index (Phi) is 4.33. The molecule has 0 aromatic heterocycles. The van der Waals surface area contributed by atoms with Crippen LogP contribution in [-0.2, 0) is 24.6 Å². The fraction of sp³-hybridized carbons (Fsp3) is 0.421. The molecule has 0 amide bonds. The van der Waals surface area contributed by atoms with Crippen molar-refractivity contribution in [3.05, 3.63) is 54.1 Å². The molecule has 2 heterocycles. The predicted molar refractivity (Wildman–Crippen MR) is 88.5 cm³/mol. The smallest absolute Gasteiger partial charge is 0.314 e. The first-order valence-electron chi connectivity index (χ1n) is 8.37. The van der Waals surface area contributed by atoms with Gasteiger partial charge in [0.1, 0.15) is 30.2 Å². The first-order valence-corrected chi connectivity index (χ1v) is 8.37. The lowest BCUT2D eigenvalue weighted by atomic mass is 9.85. The highest BCUT2D eigenvalue weighted by atomic mass is 16.6. The van der Waals surface area contributed by atoms with Crippen LogP contribution < -0.4 is 4.74 Å². The number of benzene rings is 1. The number of hydrogen-bond donors (Lipinski definition) is 1. The molecule has 132 valence electrons. The van der Waals surface area contributed by atoms with Gasteiger partial charge in [0.15, 0.2) is 0 Å². The van der Waals surface area contributed by atoms with E-state index in [4.69, 9.17) is 18.9 Å². The van der Waals surface area contributed by atoms with Gasteiger partial charge in [-0.15, -0.1) is 0 Å². The molecule has 0 bridgehead atoms. The molecule has 1 aromatic rings. The van der Waals surface area contributed by atoms with Crippen LogP contribution >= 0.6 is 0 Å². The second kappa shape index (κ2) is 6.63. The van der Waals surface area contributed by atoms with Crippen LogP contribution in [0.4, 0.5) is 0 Å². The molecule has 1 N–H and O–H groups in total. The van der Waals surface area contributed by atoms with Gasteiger partial charge in [-0.1, -0.05) is 30.4 Å². The molecule has 2 unspecified atom stereocenters. The normalized spacial score (nSPS) is 32.4. The molecule has 4 rings (SSSR count). The molecule has 2 saturated heterocycles. The molecule has 1 aromatic carbocycles. The number of carboxylic acid groups (broad SMARTS) is 1. The van der Waals surface area contributed by atoms with Gasteiger partial charge in [0, 0.05) is 5.56 Å². The molecule has 2 aliphatic heterocycles. The Labute approximate surface area is 145 Å². The highest BCUT2D eigenvalue weighted by Gasteiger charge is 2.37. The van der Waals surface area contributed by atoms with Crippen LogP contribution in [0.25, 0.3) is 0 Å². The zero-order valence-corrected chi connectivity index (χ0v) is 13.7. The summed E-state index contributed by atoms with van der Waals surface area (Å²) in [5.74, 6) is -0.832. The average Bonchev–Trinajstić information content (AvgIpc) is 3.54. The number of carbonyl (C=O) groups is 1. The summed E-state index contributed by atoms with van der Waals surface area (Å²) < 4.78 is 22.5. The zero-order chi connectivity index (χ0) is 17.3. The third kappa shape index (κ3) is 3.76. The Bertz CT molecular complexity index is 688. The minimum atomic E-state index is -0.887. The minimum Gasteiger partial charge on any atom is -0.490 e. The van der Waals surface area contributed by atoms with Crippen LogP contribution in [0.3, 0.4) is 0 Å². The van der Waals surface area contributed by atoms with Crippen LogP contribution in [0, 0.1) is 5.92 Å². The minimum absolute atomic E-state index is 0.101. The van der Waals surface area contributed by atoms with E-state index in [1.165, 1.54) is 0 Å². The third-order valence-electron chi connectivity index (χ3n) is 4.43. The molecule has 0 radical (unpaired) electrons. The second-order valence-electron chi connectivity index (χ2n) is 6.40. The summed E-state index contributed by atoms with van der Waals surface area (Å²) >= 11 is 0. The Morgan fingerprint density at radius 2 is 1.76 bits per heavy atom. The average molecular weight is 344 g/mol. The van der Waals surface area contributed by atoms with Gasteiger partial charge in [0.2, 0.25) is 0 Å². The number of aliphatic carboxylic acids is 1. The Morgan fingerprint density at radius 3 is 2.40 bits per heavy atom. The van der Waals surface area contributed by atoms with E-state index >= 15 is 0 Å². The van der Waals surface area contributed by atoms with E-state index in [9.17, 15) is 9.90 Å². The standard InChI is InChI=1S/C19H20O6/c20-18(21)13-5-7-19(8-6-13,25-12-15-10-23-15)16-3-1-2-4-17(16)24-11-14-9-22-14/h1-8,13-15H,9-12H2,(H,20,21). The van der Waals surface area contributed by atoms with Gasteiger partial charge in [0.05, 0.1) is 25.7 Å². The molecule has 1 aliphatic carbocycles. The fourth-order valence-corrected chi connectivity index (χ4v) is 2.79. The Hall–Kier alpha value is -2.15. The van der Waals surface area contributed by atoms with E-state index in [0.29, 0.717) is 25.6 Å². The van der Waals surface area contributed by atoms with E-state index in [1.54, 1.807) is 24.3 Å². The SMILES string of the molecule is O=C(O)C1C=CC(OCC2CO2)(c2ccccc2OCC2CO2)C=C1. The van der Waals surface area contributed by atoms with E-state index in [0.717, 1.165) is 12.2 Å². The van der Waals surface area contributed by atoms with Crippen molar-refractivity contribution in [2.45, 2.75) is 17.8 Å². The van der Waals surface area contributed by atoms with Gasteiger partial charge >= 0.3 is 5.97 Å². The summed E-state index contributed by atoms with van der Waals surface area (Å²) in [5, 5.41) is 9.21. The van der Waals surface area contributed by atoms with Gasteiger partial charge in [-0.05, 0) is 18.2 Å². The molecular formula is C19H20O6. The van der Waals surface area contributed by atoms with Crippen molar-refractivity contribution in [1.82, 2.24) is 0 Å². The largest absolute Gasteiger partial charge is 0.490 e. The van der Waals surface area contributed by atoms with Crippen LogP contribution in [-0.4, -0.2) is 49.7 Å². The van der Waals surface area contributed by atoms with Gasteiger partial charge < -0.3 is 24.1 Å². The van der Waals surface area contributed by atoms with Crippen molar-refractivity contribution in [2.75, 3.05) is 26.4 Å². The van der Waals surface area contributed by atoms with Gasteiger partial charge in [-0.2, -0.15) is 0 Å². The molecule has 6 heteroatoms. The summed E-state index contributed by atoms with van der Waals surface area (Å²) in [6.07, 6.45) is 7.14. The molecule has 3 aliphatic rings. The van der Waals surface area contributed by atoms with Gasteiger partial charge in [0.25, 0.3) is 0 Å². The van der Waals surface area contributed by atoms with Crippen LogP contribution in [0.5, 0.6) is 5.75 Å². The van der Waals surface area contributed by atoms with E-state index in [-0.39, 0.29) is 12.2 Å². The predicted octanol–water partition coefficient (Wildman–Crippen LogP) is 1.90. The summed E-state index contributed by atoms with van der Waals surface area (Å²) in [6, 6.07) is 7.65. The fourth-order valence-electron chi connectivity index (χ4n) is 2.79.